The van der Waals surface area contributed by atoms with Gasteiger partial charge in [0.05, 0.1) is 11.6 Å². The number of anilines is 1. The number of fused-ring (bicyclic) bond motifs is 2. The van der Waals surface area contributed by atoms with Crippen molar-refractivity contribution >= 4 is 33.4 Å². The molecule has 1 heterocycles. The summed E-state index contributed by atoms with van der Waals surface area (Å²) in [6.45, 7) is 1.98. The number of nitrogens with zero attached hydrogens (tertiary/aromatic N) is 3. The van der Waals surface area contributed by atoms with Crippen LogP contribution in [0.5, 0.6) is 0 Å². The smallest absolute Gasteiger partial charge is 0.236 e. The number of hydrogen-bond acceptors (Lipinski definition) is 3. The zero-order chi connectivity index (χ0) is 24.5. The van der Waals surface area contributed by atoms with E-state index in [0.717, 1.165) is 49.9 Å². The van der Waals surface area contributed by atoms with Gasteiger partial charge in [0.2, 0.25) is 5.91 Å². The SMILES string of the molecule is Cc1cc2nn(-c3cccc4ccccc34)nc2cc1NC(=O)C(c1ccccc1)c1ccccc1. The van der Waals surface area contributed by atoms with Crippen LogP contribution in [0.4, 0.5) is 5.69 Å². The number of rotatable bonds is 5. The molecule has 1 amide bonds. The van der Waals surface area contributed by atoms with Gasteiger partial charge in [-0.05, 0) is 47.2 Å². The number of aromatic nitrogens is 3. The van der Waals surface area contributed by atoms with Gasteiger partial charge in [-0.3, -0.25) is 4.79 Å². The number of benzene rings is 5. The van der Waals surface area contributed by atoms with E-state index in [0.29, 0.717) is 0 Å². The average Bonchev–Trinajstić information content (AvgIpc) is 3.32. The van der Waals surface area contributed by atoms with Crippen LogP contribution >= 0.6 is 0 Å². The van der Waals surface area contributed by atoms with E-state index in [1.165, 1.54) is 0 Å². The van der Waals surface area contributed by atoms with E-state index in [1.54, 1.807) is 4.80 Å². The van der Waals surface area contributed by atoms with Crippen LogP contribution in [0.3, 0.4) is 0 Å². The van der Waals surface area contributed by atoms with Crippen molar-refractivity contribution < 1.29 is 4.79 Å². The zero-order valence-electron chi connectivity index (χ0n) is 19.8. The first-order chi connectivity index (χ1) is 17.7. The molecule has 0 aliphatic carbocycles. The fourth-order valence-corrected chi connectivity index (χ4v) is 4.68. The maximum Gasteiger partial charge on any atom is 0.236 e. The molecule has 5 nitrogen and oxygen atoms in total. The first kappa shape index (κ1) is 21.7. The predicted octanol–water partition coefficient (Wildman–Crippen LogP) is 6.65. The zero-order valence-corrected chi connectivity index (χ0v) is 19.8. The molecule has 0 radical (unpaired) electrons. The van der Waals surface area contributed by atoms with E-state index in [9.17, 15) is 4.79 Å². The van der Waals surface area contributed by atoms with Gasteiger partial charge in [-0.15, -0.1) is 15.0 Å². The van der Waals surface area contributed by atoms with Crippen LogP contribution < -0.4 is 5.32 Å². The van der Waals surface area contributed by atoms with Gasteiger partial charge < -0.3 is 5.32 Å². The van der Waals surface area contributed by atoms with E-state index in [-0.39, 0.29) is 5.91 Å². The summed E-state index contributed by atoms with van der Waals surface area (Å²) in [5.41, 5.74) is 5.97. The molecule has 174 valence electrons. The summed E-state index contributed by atoms with van der Waals surface area (Å²) in [6, 6.07) is 37.9. The lowest BCUT2D eigenvalue weighted by Gasteiger charge is -2.18. The molecule has 0 aliphatic rings. The molecule has 0 spiro atoms. The van der Waals surface area contributed by atoms with E-state index in [2.05, 4.69) is 23.5 Å². The van der Waals surface area contributed by atoms with Crippen LogP contribution in [-0.4, -0.2) is 20.9 Å². The second-order valence-corrected chi connectivity index (χ2v) is 8.89. The predicted molar refractivity (Wildman–Crippen MR) is 144 cm³/mol. The standard InChI is InChI=1S/C31H24N4O/c1-21-19-27-28(34-35(33-27)29-18-10-16-22-11-8-9-17-25(22)29)20-26(21)32-31(36)30(23-12-4-2-5-13-23)24-14-6-3-7-15-24/h2-20,30H,1H3,(H,32,36). The Morgan fingerprint density at radius 2 is 1.31 bits per heavy atom. The molecular weight excluding hydrogens is 444 g/mol. The number of nitrogens with one attached hydrogen (secondary N) is 1. The molecule has 1 N–H and O–H groups in total. The molecule has 1 aromatic heterocycles. The fraction of sp³-hybridized carbons (Fsp3) is 0.0645. The summed E-state index contributed by atoms with van der Waals surface area (Å²) in [6.07, 6.45) is 0. The summed E-state index contributed by atoms with van der Waals surface area (Å²) < 4.78 is 0. The third-order valence-electron chi connectivity index (χ3n) is 6.49. The molecule has 0 saturated carbocycles. The number of carbonyl (C=O) groups excluding carboxylic acids is 1. The van der Waals surface area contributed by atoms with Crippen molar-refractivity contribution in [3.05, 3.63) is 132 Å². The van der Waals surface area contributed by atoms with Gasteiger partial charge in [0.1, 0.15) is 11.0 Å². The number of amides is 1. The molecular formula is C31H24N4O. The van der Waals surface area contributed by atoms with Crippen molar-refractivity contribution in [2.45, 2.75) is 12.8 Å². The van der Waals surface area contributed by atoms with Crippen LogP contribution in [0.1, 0.15) is 22.6 Å². The van der Waals surface area contributed by atoms with Crippen molar-refractivity contribution in [1.82, 2.24) is 15.0 Å². The summed E-state index contributed by atoms with van der Waals surface area (Å²) >= 11 is 0. The Balaban J connectivity index is 1.37. The Kier molecular flexibility index (Phi) is 5.51. The molecule has 6 aromatic rings. The van der Waals surface area contributed by atoms with E-state index in [1.807, 2.05) is 104 Å². The Morgan fingerprint density at radius 1 is 0.722 bits per heavy atom. The normalized spacial score (nSPS) is 11.3. The molecule has 0 unspecified atom stereocenters. The third kappa shape index (κ3) is 4.01. The quantitative estimate of drug-likeness (QED) is 0.308. The second-order valence-electron chi connectivity index (χ2n) is 8.89. The van der Waals surface area contributed by atoms with Gasteiger partial charge in [-0.25, -0.2) is 0 Å². The molecule has 5 aromatic carbocycles. The van der Waals surface area contributed by atoms with Gasteiger partial charge in [-0.1, -0.05) is 97.1 Å². The maximum atomic E-state index is 13.6. The molecule has 0 atom stereocenters. The molecule has 36 heavy (non-hydrogen) atoms. The highest BCUT2D eigenvalue weighted by atomic mass is 16.1. The Hall–Kier alpha value is -4.77. The van der Waals surface area contributed by atoms with Gasteiger partial charge in [0.25, 0.3) is 0 Å². The highest BCUT2D eigenvalue weighted by Crippen LogP contribution is 2.29. The summed E-state index contributed by atoms with van der Waals surface area (Å²) in [5, 5.41) is 14.9. The second kappa shape index (κ2) is 9.12. The molecule has 0 aliphatic heterocycles. The van der Waals surface area contributed by atoms with Gasteiger partial charge >= 0.3 is 0 Å². The maximum absolute atomic E-state index is 13.6. The van der Waals surface area contributed by atoms with Crippen LogP contribution in [0.25, 0.3) is 27.5 Å². The minimum absolute atomic E-state index is 0.0868. The van der Waals surface area contributed by atoms with Crippen LogP contribution in [0, 0.1) is 6.92 Å². The van der Waals surface area contributed by atoms with Crippen molar-refractivity contribution in [3.8, 4) is 5.69 Å². The lowest BCUT2D eigenvalue weighted by Crippen LogP contribution is -2.22. The lowest BCUT2D eigenvalue weighted by molar-refractivity contribution is -0.116. The Morgan fingerprint density at radius 3 is 2.00 bits per heavy atom. The minimum Gasteiger partial charge on any atom is -0.325 e. The monoisotopic (exact) mass is 468 g/mol. The summed E-state index contributed by atoms with van der Waals surface area (Å²) in [5.74, 6) is -0.509. The van der Waals surface area contributed by atoms with E-state index >= 15 is 0 Å². The first-order valence-electron chi connectivity index (χ1n) is 11.9. The Labute approximate surface area is 209 Å². The number of aryl methyl sites for hydroxylation is 1. The van der Waals surface area contributed by atoms with E-state index in [4.69, 9.17) is 10.2 Å². The van der Waals surface area contributed by atoms with Crippen molar-refractivity contribution in [1.29, 1.82) is 0 Å². The van der Waals surface area contributed by atoms with Crippen molar-refractivity contribution in [2.75, 3.05) is 5.32 Å². The number of hydrogen-bond donors (Lipinski definition) is 1. The topological polar surface area (TPSA) is 59.8 Å². The molecule has 5 heteroatoms. The van der Waals surface area contributed by atoms with Crippen LogP contribution in [0.15, 0.2) is 115 Å². The van der Waals surface area contributed by atoms with Gasteiger partial charge in [0, 0.05) is 11.1 Å². The number of carbonyl (C=O) groups is 1. The van der Waals surface area contributed by atoms with Crippen LogP contribution in [0.2, 0.25) is 0 Å². The third-order valence-corrected chi connectivity index (χ3v) is 6.49. The van der Waals surface area contributed by atoms with Crippen molar-refractivity contribution in [2.24, 2.45) is 0 Å². The van der Waals surface area contributed by atoms with Gasteiger partial charge in [-0.2, -0.15) is 0 Å². The lowest BCUT2D eigenvalue weighted by atomic mass is 9.90. The fourth-order valence-electron chi connectivity index (χ4n) is 4.68. The van der Waals surface area contributed by atoms with E-state index < -0.39 is 5.92 Å². The highest BCUT2D eigenvalue weighted by Gasteiger charge is 2.23. The largest absolute Gasteiger partial charge is 0.325 e. The first-order valence-corrected chi connectivity index (χ1v) is 11.9. The molecule has 0 saturated heterocycles. The molecule has 0 bridgehead atoms. The average molecular weight is 469 g/mol. The van der Waals surface area contributed by atoms with Crippen LogP contribution in [-0.2, 0) is 4.79 Å². The summed E-state index contributed by atoms with van der Waals surface area (Å²) in [4.78, 5) is 15.3. The highest BCUT2D eigenvalue weighted by molar-refractivity contribution is 6.00. The summed E-state index contributed by atoms with van der Waals surface area (Å²) in [7, 11) is 0. The van der Waals surface area contributed by atoms with Crippen molar-refractivity contribution in [3.63, 3.8) is 0 Å². The molecule has 0 fully saturated rings. The minimum atomic E-state index is -0.422. The Bertz CT molecular complexity index is 1650. The van der Waals surface area contributed by atoms with Gasteiger partial charge in [0.15, 0.2) is 0 Å². The molecule has 6 rings (SSSR count).